The van der Waals surface area contributed by atoms with E-state index >= 15 is 0 Å². The fourth-order valence-electron chi connectivity index (χ4n) is 2.29. The van der Waals surface area contributed by atoms with Gasteiger partial charge in [0.2, 0.25) is 0 Å². The molecular formula is C12H26N2. The van der Waals surface area contributed by atoms with Gasteiger partial charge in [-0.25, -0.2) is 0 Å². The Labute approximate surface area is 88.8 Å². The van der Waals surface area contributed by atoms with E-state index in [1.807, 2.05) is 0 Å². The lowest BCUT2D eigenvalue weighted by molar-refractivity contribution is 0.122. The van der Waals surface area contributed by atoms with Gasteiger partial charge in [-0.1, -0.05) is 27.7 Å². The van der Waals surface area contributed by atoms with E-state index < -0.39 is 0 Å². The van der Waals surface area contributed by atoms with Crippen molar-refractivity contribution in [3.05, 3.63) is 0 Å². The molecule has 2 N–H and O–H groups in total. The van der Waals surface area contributed by atoms with Gasteiger partial charge in [0.25, 0.3) is 0 Å². The third kappa shape index (κ3) is 2.96. The van der Waals surface area contributed by atoms with Crippen molar-refractivity contribution in [1.82, 2.24) is 10.6 Å². The first-order valence-electron chi connectivity index (χ1n) is 6.01. The molecule has 1 saturated heterocycles. The van der Waals surface area contributed by atoms with Crippen molar-refractivity contribution in [2.24, 2.45) is 11.3 Å². The smallest absolute Gasteiger partial charge is 0.00136 e. The second-order valence-corrected chi connectivity index (χ2v) is 5.30. The van der Waals surface area contributed by atoms with Crippen molar-refractivity contribution < 1.29 is 0 Å². The van der Waals surface area contributed by atoms with Crippen molar-refractivity contribution in [2.75, 3.05) is 19.6 Å². The molecule has 2 nitrogen and oxygen atoms in total. The van der Waals surface area contributed by atoms with E-state index in [0.29, 0.717) is 11.5 Å². The van der Waals surface area contributed by atoms with Crippen molar-refractivity contribution in [3.8, 4) is 0 Å². The maximum atomic E-state index is 3.61. The third-order valence-electron chi connectivity index (χ3n) is 3.69. The highest BCUT2D eigenvalue weighted by Gasteiger charge is 2.34. The Morgan fingerprint density at radius 3 is 2.14 bits per heavy atom. The summed E-state index contributed by atoms with van der Waals surface area (Å²) in [7, 11) is 0. The highest BCUT2D eigenvalue weighted by molar-refractivity contribution is 4.89. The van der Waals surface area contributed by atoms with Gasteiger partial charge in [0.1, 0.15) is 0 Å². The van der Waals surface area contributed by atoms with Crippen LogP contribution in [0.1, 0.15) is 40.5 Å². The molecule has 0 spiro atoms. The molecule has 0 aromatic rings. The Kier molecular flexibility index (Phi) is 4.39. The van der Waals surface area contributed by atoms with E-state index in [-0.39, 0.29) is 0 Å². The second-order valence-electron chi connectivity index (χ2n) is 5.30. The maximum absolute atomic E-state index is 3.61. The molecule has 0 amide bonds. The summed E-state index contributed by atoms with van der Waals surface area (Å²) in [4.78, 5) is 0. The van der Waals surface area contributed by atoms with Crippen molar-refractivity contribution in [2.45, 2.75) is 46.6 Å². The number of hydrogen-bond donors (Lipinski definition) is 2. The van der Waals surface area contributed by atoms with Gasteiger partial charge in [0, 0.05) is 12.6 Å². The van der Waals surface area contributed by atoms with Crippen LogP contribution in [0.5, 0.6) is 0 Å². The molecule has 0 atom stereocenters. The highest BCUT2D eigenvalue weighted by atomic mass is 14.9. The standard InChI is InChI=1S/C12H26N2/c1-10(2)12(9-14-11(3)4)5-7-13-8-6-12/h10-11,13-14H,5-9H2,1-4H3. The highest BCUT2D eigenvalue weighted by Crippen LogP contribution is 2.36. The molecule has 0 aliphatic carbocycles. The Balaban J connectivity index is 2.52. The zero-order valence-corrected chi connectivity index (χ0v) is 10.2. The average molecular weight is 198 g/mol. The maximum Gasteiger partial charge on any atom is 0.00136 e. The summed E-state index contributed by atoms with van der Waals surface area (Å²) in [5.74, 6) is 0.788. The minimum atomic E-state index is 0.537. The largest absolute Gasteiger partial charge is 0.317 e. The quantitative estimate of drug-likeness (QED) is 0.722. The molecule has 1 fully saturated rings. The molecule has 1 heterocycles. The summed E-state index contributed by atoms with van der Waals surface area (Å²) in [6.45, 7) is 12.8. The van der Waals surface area contributed by atoms with Gasteiger partial charge in [-0.15, -0.1) is 0 Å². The molecule has 14 heavy (non-hydrogen) atoms. The lowest BCUT2D eigenvalue weighted by Crippen LogP contribution is -2.47. The lowest BCUT2D eigenvalue weighted by atomic mass is 9.70. The van der Waals surface area contributed by atoms with Crippen LogP contribution >= 0.6 is 0 Å². The Morgan fingerprint density at radius 1 is 1.14 bits per heavy atom. The Hall–Kier alpha value is -0.0800. The van der Waals surface area contributed by atoms with E-state index in [4.69, 9.17) is 0 Å². The summed E-state index contributed by atoms with van der Waals surface area (Å²) in [6.07, 6.45) is 2.65. The summed E-state index contributed by atoms with van der Waals surface area (Å²) in [5, 5.41) is 7.06. The first kappa shape index (κ1) is 12.0. The van der Waals surface area contributed by atoms with Crippen LogP contribution in [0.4, 0.5) is 0 Å². The summed E-state index contributed by atoms with van der Waals surface area (Å²) in [5.41, 5.74) is 0.537. The third-order valence-corrected chi connectivity index (χ3v) is 3.69. The van der Waals surface area contributed by atoms with E-state index in [0.717, 1.165) is 5.92 Å². The van der Waals surface area contributed by atoms with Crippen LogP contribution in [0.25, 0.3) is 0 Å². The monoisotopic (exact) mass is 198 g/mol. The summed E-state index contributed by atoms with van der Waals surface area (Å²) < 4.78 is 0. The molecule has 0 aromatic carbocycles. The molecule has 0 unspecified atom stereocenters. The van der Waals surface area contributed by atoms with Crippen LogP contribution in [0.2, 0.25) is 0 Å². The van der Waals surface area contributed by atoms with Crippen molar-refractivity contribution in [3.63, 3.8) is 0 Å². The number of nitrogens with one attached hydrogen (secondary N) is 2. The Morgan fingerprint density at radius 2 is 1.71 bits per heavy atom. The van der Waals surface area contributed by atoms with Gasteiger partial charge in [0.05, 0.1) is 0 Å². The zero-order chi connectivity index (χ0) is 10.6. The minimum Gasteiger partial charge on any atom is -0.317 e. The van der Waals surface area contributed by atoms with E-state index in [1.165, 1.54) is 32.5 Å². The first-order valence-corrected chi connectivity index (χ1v) is 6.01. The predicted molar refractivity (Wildman–Crippen MR) is 62.5 cm³/mol. The molecule has 0 saturated carbocycles. The van der Waals surface area contributed by atoms with Crippen LogP contribution in [0, 0.1) is 11.3 Å². The van der Waals surface area contributed by atoms with Gasteiger partial charge in [-0.3, -0.25) is 0 Å². The number of piperidine rings is 1. The summed E-state index contributed by atoms with van der Waals surface area (Å²) >= 11 is 0. The van der Waals surface area contributed by atoms with Gasteiger partial charge in [-0.05, 0) is 37.3 Å². The van der Waals surface area contributed by atoms with E-state index in [2.05, 4.69) is 38.3 Å². The molecule has 1 aliphatic heterocycles. The predicted octanol–water partition coefficient (Wildman–Crippen LogP) is 2.01. The van der Waals surface area contributed by atoms with Crippen molar-refractivity contribution in [1.29, 1.82) is 0 Å². The zero-order valence-electron chi connectivity index (χ0n) is 10.2. The normalized spacial score (nSPS) is 21.9. The van der Waals surface area contributed by atoms with Crippen LogP contribution < -0.4 is 10.6 Å². The molecule has 0 aromatic heterocycles. The van der Waals surface area contributed by atoms with Crippen LogP contribution in [-0.2, 0) is 0 Å². The van der Waals surface area contributed by atoms with Gasteiger partial charge >= 0.3 is 0 Å². The first-order chi connectivity index (χ1) is 6.57. The van der Waals surface area contributed by atoms with Crippen LogP contribution in [-0.4, -0.2) is 25.7 Å². The van der Waals surface area contributed by atoms with Gasteiger partial charge in [0.15, 0.2) is 0 Å². The van der Waals surface area contributed by atoms with E-state index in [1.54, 1.807) is 0 Å². The lowest BCUT2D eigenvalue weighted by Gasteiger charge is -2.42. The SMILES string of the molecule is CC(C)NCC1(C(C)C)CCNCC1. The van der Waals surface area contributed by atoms with Gasteiger partial charge in [-0.2, -0.15) is 0 Å². The number of rotatable bonds is 4. The Bertz CT molecular complexity index is 158. The number of hydrogen-bond acceptors (Lipinski definition) is 2. The van der Waals surface area contributed by atoms with E-state index in [9.17, 15) is 0 Å². The summed E-state index contributed by atoms with van der Waals surface area (Å²) in [6, 6.07) is 0.612. The minimum absolute atomic E-state index is 0.537. The second kappa shape index (κ2) is 5.13. The molecule has 0 radical (unpaired) electrons. The van der Waals surface area contributed by atoms with Gasteiger partial charge < -0.3 is 10.6 Å². The molecule has 84 valence electrons. The molecular weight excluding hydrogens is 172 g/mol. The molecule has 1 aliphatic rings. The fraction of sp³-hybridized carbons (Fsp3) is 1.00. The average Bonchev–Trinajstić information content (AvgIpc) is 2.16. The van der Waals surface area contributed by atoms with Crippen LogP contribution in [0.15, 0.2) is 0 Å². The topological polar surface area (TPSA) is 24.1 Å². The fourth-order valence-corrected chi connectivity index (χ4v) is 2.29. The molecule has 1 rings (SSSR count). The molecule has 0 bridgehead atoms. The van der Waals surface area contributed by atoms with Crippen molar-refractivity contribution >= 4 is 0 Å². The van der Waals surface area contributed by atoms with Crippen LogP contribution in [0.3, 0.4) is 0 Å². The molecule has 2 heteroatoms.